The summed E-state index contributed by atoms with van der Waals surface area (Å²) in [6, 6.07) is 8.67. The molecule has 0 aliphatic carbocycles. The largest absolute Gasteiger partial charge is 0.377 e. The monoisotopic (exact) mass is 248 g/mol. The van der Waals surface area contributed by atoms with E-state index in [0.717, 1.165) is 32.8 Å². The Kier molecular flexibility index (Phi) is 4.25. The fraction of sp³-hybridized carbons (Fsp3) is 0.600. The lowest BCUT2D eigenvalue weighted by Crippen LogP contribution is -2.53. The van der Waals surface area contributed by atoms with Crippen molar-refractivity contribution in [2.45, 2.75) is 32.9 Å². The highest BCUT2D eigenvalue weighted by Crippen LogP contribution is 2.29. The molecular weight excluding hydrogens is 224 g/mol. The summed E-state index contributed by atoms with van der Waals surface area (Å²) in [5.74, 6) is 0. The van der Waals surface area contributed by atoms with Crippen LogP contribution in [0.4, 0.5) is 5.69 Å². The van der Waals surface area contributed by atoms with E-state index < -0.39 is 0 Å². The maximum absolute atomic E-state index is 5.60. The molecule has 18 heavy (non-hydrogen) atoms. The van der Waals surface area contributed by atoms with Gasteiger partial charge in [0.1, 0.15) is 0 Å². The van der Waals surface area contributed by atoms with E-state index >= 15 is 0 Å². The third-order valence-corrected chi connectivity index (χ3v) is 3.49. The Bertz CT molecular complexity index is 390. The number of nitrogens with one attached hydrogen (secondary N) is 1. The number of nitrogens with zero attached hydrogens (tertiary/aromatic N) is 1. The zero-order chi connectivity index (χ0) is 13.0. The molecule has 0 saturated carbocycles. The van der Waals surface area contributed by atoms with Crippen LogP contribution in [0.5, 0.6) is 0 Å². The van der Waals surface area contributed by atoms with Crippen molar-refractivity contribution in [3.8, 4) is 0 Å². The second-order valence-electron chi connectivity index (χ2n) is 5.43. The highest BCUT2D eigenvalue weighted by molar-refractivity contribution is 5.56. The first-order chi connectivity index (χ1) is 8.65. The SMILES string of the molecule is CCNCc1ccccc1N1CCOCC1(C)C. The van der Waals surface area contributed by atoms with Gasteiger partial charge in [-0.2, -0.15) is 0 Å². The molecule has 1 fully saturated rings. The summed E-state index contributed by atoms with van der Waals surface area (Å²) in [5, 5.41) is 3.41. The van der Waals surface area contributed by atoms with Crippen LogP contribution in [0, 0.1) is 0 Å². The van der Waals surface area contributed by atoms with Gasteiger partial charge in [0.2, 0.25) is 0 Å². The minimum atomic E-state index is 0.0700. The minimum absolute atomic E-state index is 0.0700. The molecule has 2 rings (SSSR count). The summed E-state index contributed by atoms with van der Waals surface area (Å²) in [7, 11) is 0. The zero-order valence-electron chi connectivity index (χ0n) is 11.7. The number of morpholine rings is 1. The predicted octanol–water partition coefficient (Wildman–Crippen LogP) is 2.41. The van der Waals surface area contributed by atoms with Gasteiger partial charge in [0.05, 0.1) is 18.8 Å². The van der Waals surface area contributed by atoms with E-state index in [9.17, 15) is 0 Å². The molecule has 0 spiro atoms. The minimum Gasteiger partial charge on any atom is -0.377 e. The molecule has 0 atom stereocenters. The lowest BCUT2D eigenvalue weighted by atomic mass is 9.99. The third kappa shape index (κ3) is 2.85. The summed E-state index contributed by atoms with van der Waals surface area (Å²) < 4.78 is 5.60. The van der Waals surface area contributed by atoms with Gasteiger partial charge in [-0.3, -0.25) is 0 Å². The first kappa shape index (κ1) is 13.4. The fourth-order valence-corrected chi connectivity index (χ4v) is 2.49. The molecule has 1 aliphatic rings. The van der Waals surface area contributed by atoms with Gasteiger partial charge in [0.15, 0.2) is 0 Å². The maximum Gasteiger partial charge on any atom is 0.0694 e. The summed E-state index contributed by atoms with van der Waals surface area (Å²) in [6.07, 6.45) is 0. The molecule has 1 aromatic rings. The molecule has 3 nitrogen and oxygen atoms in total. The number of para-hydroxylation sites is 1. The van der Waals surface area contributed by atoms with Gasteiger partial charge in [0, 0.05) is 18.8 Å². The Morgan fingerprint density at radius 2 is 2.11 bits per heavy atom. The van der Waals surface area contributed by atoms with Crippen LogP contribution < -0.4 is 10.2 Å². The van der Waals surface area contributed by atoms with Crippen LogP contribution in [0.1, 0.15) is 26.3 Å². The number of anilines is 1. The fourth-order valence-electron chi connectivity index (χ4n) is 2.49. The van der Waals surface area contributed by atoms with E-state index in [1.807, 2.05) is 0 Å². The second-order valence-corrected chi connectivity index (χ2v) is 5.43. The Morgan fingerprint density at radius 3 is 2.83 bits per heavy atom. The van der Waals surface area contributed by atoms with E-state index in [-0.39, 0.29) is 5.54 Å². The van der Waals surface area contributed by atoms with Gasteiger partial charge in [-0.25, -0.2) is 0 Å². The number of benzene rings is 1. The van der Waals surface area contributed by atoms with Crippen LogP contribution in [-0.4, -0.2) is 31.8 Å². The van der Waals surface area contributed by atoms with Crippen molar-refractivity contribution in [2.75, 3.05) is 31.2 Å². The third-order valence-electron chi connectivity index (χ3n) is 3.49. The van der Waals surface area contributed by atoms with Crippen LogP contribution in [0.15, 0.2) is 24.3 Å². The molecule has 1 aliphatic heterocycles. The van der Waals surface area contributed by atoms with Crippen LogP contribution >= 0.6 is 0 Å². The Labute approximate surface area is 110 Å². The topological polar surface area (TPSA) is 24.5 Å². The van der Waals surface area contributed by atoms with Crippen molar-refractivity contribution in [3.63, 3.8) is 0 Å². The summed E-state index contributed by atoms with van der Waals surface area (Å²) >= 11 is 0. The van der Waals surface area contributed by atoms with Gasteiger partial charge < -0.3 is 15.0 Å². The molecular formula is C15H24N2O. The highest BCUT2D eigenvalue weighted by atomic mass is 16.5. The standard InChI is InChI=1S/C15H24N2O/c1-4-16-11-13-7-5-6-8-14(13)17-9-10-18-12-15(17,2)3/h5-8,16H,4,9-12H2,1-3H3. The number of hydrogen-bond acceptors (Lipinski definition) is 3. The van der Waals surface area contributed by atoms with Crippen molar-refractivity contribution >= 4 is 5.69 Å². The van der Waals surface area contributed by atoms with E-state index in [1.54, 1.807) is 0 Å². The van der Waals surface area contributed by atoms with Crippen molar-refractivity contribution in [3.05, 3.63) is 29.8 Å². The molecule has 0 bridgehead atoms. The molecule has 3 heteroatoms. The predicted molar refractivity (Wildman–Crippen MR) is 76.1 cm³/mol. The molecule has 100 valence electrons. The first-order valence-corrected chi connectivity index (χ1v) is 6.79. The zero-order valence-corrected chi connectivity index (χ0v) is 11.7. The quantitative estimate of drug-likeness (QED) is 0.885. The van der Waals surface area contributed by atoms with Crippen LogP contribution in [0.3, 0.4) is 0 Å². The van der Waals surface area contributed by atoms with Crippen LogP contribution in [-0.2, 0) is 11.3 Å². The maximum atomic E-state index is 5.60. The van der Waals surface area contributed by atoms with Crippen LogP contribution in [0.2, 0.25) is 0 Å². The molecule has 1 saturated heterocycles. The molecule has 0 aromatic heterocycles. The lowest BCUT2D eigenvalue weighted by Gasteiger charge is -2.44. The average molecular weight is 248 g/mol. The Hall–Kier alpha value is -1.06. The average Bonchev–Trinajstić information content (AvgIpc) is 2.36. The molecule has 1 heterocycles. The summed E-state index contributed by atoms with van der Waals surface area (Å²) in [6.45, 7) is 11.1. The smallest absolute Gasteiger partial charge is 0.0694 e. The van der Waals surface area contributed by atoms with Crippen molar-refractivity contribution < 1.29 is 4.74 Å². The number of hydrogen-bond donors (Lipinski definition) is 1. The molecule has 0 amide bonds. The van der Waals surface area contributed by atoms with E-state index in [2.05, 4.69) is 55.3 Å². The van der Waals surface area contributed by atoms with Crippen molar-refractivity contribution in [1.82, 2.24) is 5.32 Å². The summed E-state index contributed by atoms with van der Waals surface area (Å²) in [5.41, 5.74) is 2.78. The van der Waals surface area contributed by atoms with E-state index in [4.69, 9.17) is 4.74 Å². The lowest BCUT2D eigenvalue weighted by molar-refractivity contribution is 0.0643. The highest BCUT2D eigenvalue weighted by Gasteiger charge is 2.31. The first-order valence-electron chi connectivity index (χ1n) is 6.79. The van der Waals surface area contributed by atoms with Crippen molar-refractivity contribution in [2.24, 2.45) is 0 Å². The van der Waals surface area contributed by atoms with E-state index in [0.29, 0.717) is 0 Å². The Morgan fingerprint density at radius 1 is 1.33 bits per heavy atom. The van der Waals surface area contributed by atoms with Gasteiger partial charge in [-0.15, -0.1) is 0 Å². The van der Waals surface area contributed by atoms with Crippen LogP contribution in [0.25, 0.3) is 0 Å². The summed E-state index contributed by atoms with van der Waals surface area (Å²) in [4.78, 5) is 2.48. The van der Waals surface area contributed by atoms with Crippen molar-refractivity contribution in [1.29, 1.82) is 0 Å². The number of rotatable bonds is 4. The second kappa shape index (κ2) is 5.72. The number of ether oxygens (including phenoxy) is 1. The molecule has 1 N–H and O–H groups in total. The van der Waals surface area contributed by atoms with Gasteiger partial charge >= 0.3 is 0 Å². The van der Waals surface area contributed by atoms with Gasteiger partial charge in [0.25, 0.3) is 0 Å². The van der Waals surface area contributed by atoms with E-state index in [1.165, 1.54) is 11.3 Å². The molecule has 0 radical (unpaired) electrons. The molecule has 0 unspecified atom stereocenters. The van der Waals surface area contributed by atoms with Gasteiger partial charge in [-0.1, -0.05) is 25.1 Å². The van der Waals surface area contributed by atoms with Gasteiger partial charge in [-0.05, 0) is 32.0 Å². The normalized spacial score (nSPS) is 18.9. The Balaban J connectivity index is 2.25. The molecule has 1 aromatic carbocycles.